The number of amides is 1. The van der Waals surface area contributed by atoms with Gasteiger partial charge < -0.3 is 14.9 Å². The summed E-state index contributed by atoms with van der Waals surface area (Å²) >= 11 is 0. The number of hydrogen-bond acceptors (Lipinski definition) is 5. The molecule has 0 bridgehead atoms. The molecule has 1 atom stereocenters. The second-order valence-corrected chi connectivity index (χ2v) is 4.13. The number of nitrogens with zero attached hydrogens (tertiary/aromatic N) is 2. The second kappa shape index (κ2) is 6.36. The van der Waals surface area contributed by atoms with Gasteiger partial charge in [0.15, 0.2) is 5.82 Å². The van der Waals surface area contributed by atoms with E-state index in [-0.39, 0.29) is 12.5 Å². The molecule has 96 valence electrons. The van der Waals surface area contributed by atoms with Gasteiger partial charge in [-0.05, 0) is 20.4 Å². The SMILES string of the molecule is CCC(O)CN(C)CC(=O)Nc1cc(C)on1. The van der Waals surface area contributed by atoms with Crippen LogP contribution < -0.4 is 5.32 Å². The van der Waals surface area contributed by atoms with Crippen molar-refractivity contribution < 1.29 is 14.4 Å². The summed E-state index contributed by atoms with van der Waals surface area (Å²) in [5.41, 5.74) is 0. The first kappa shape index (κ1) is 13.7. The molecule has 1 heterocycles. The molecule has 17 heavy (non-hydrogen) atoms. The molecule has 0 aliphatic carbocycles. The molecule has 0 spiro atoms. The monoisotopic (exact) mass is 241 g/mol. The molecule has 0 aliphatic rings. The van der Waals surface area contributed by atoms with Gasteiger partial charge in [0.25, 0.3) is 0 Å². The predicted molar refractivity (Wildman–Crippen MR) is 63.7 cm³/mol. The fraction of sp³-hybridized carbons (Fsp3) is 0.636. The lowest BCUT2D eigenvalue weighted by Gasteiger charge is -2.18. The molecule has 2 N–H and O–H groups in total. The number of aliphatic hydroxyl groups excluding tert-OH is 1. The van der Waals surface area contributed by atoms with E-state index in [4.69, 9.17) is 4.52 Å². The smallest absolute Gasteiger partial charge is 0.239 e. The van der Waals surface area contributed by atoms with E-state index in [1.807, 2.05) is 6.92 Å². The van der Waals surface area contributed by atoms with Crippen LogP contribution in [0.25, 0.3) is 0 Å². The maximum absolute atomic E-state index is 11.6. The van der Waals surface area contributed by atoms with Crippen molar-refractivity contribution in [2.45, 2.75) is 26.4 Å². The Morgan fingerprint density at radius 2 is 2.41 bits per heavy atom. The van der Waals surface area contributed by atoms with Crippen LogP contribution in [-0.2, 0) is 4.79 Å². The van der Waals surface area contributed by atoms with Crippen LogP contribution in [0.15, 0.2) is 10.6 Å². The number of likely N-dealkylation sites (N-methyl/N-ethyl adjacent to an activating group) is 1. The molecule has 6 heteroatoms. The minimum absolute atomic E-state index is 0.177. The largest absolute Gasteiger partial charge is 0.392 e. The highest BCUT2D eigenvalue weighted by atomic mass is 16.5. The molecule has 0 aromatic carbocycles. The van der Waals surface area contributed by atoms with Gasteiger partial charge >= 0.3 is 0 Å². The van der Waals surface area contributed by atoms with Crippen molar-refractivity contribution in [3.8, 4) is 0 Å². The Kier molecular flexibility index (Phi) is 5.11. The van der Waals surface area contributed by atoms with Gasteiger partial charge in [-0.15, -0.1) is 0 Å². The Bertz CT molecular complexity index is 365. The van der Waals surface area contributed by atoms with Gasteiger partial charge in [-0.1, -0.05) is 12.1 Å². The number of aromatic nitrogens is 1. The molecule has 0 fully saturated rings. The van der Waals surface area contributed by atoms with Gasteiger partial charge in [-0.25, -0.2) is 0 Å². The van der Waals surface area contributed by atoms with Crippen molar-refractivity contribution in [3.05, 3.63) is 11.8 Å². The average Bonchev–Trinajstić information content (AvgIpc) is 2.63. The van der Waals surface area contributed by atoms with Crippen LogP contribution in [0.5, 0.6) is 0 Å². The summed E-state index contributed by atoms with van der Waals surface area (Å²) in [6.45, 7) is 4.34. The summed E-state index contributed by atoms with van der Waals surface area (Å²) in [6.07, 6.45) is 0.274. The lowest BCUT2D eigenvalue weighted by Crippen LogP contribution is -2.35. The quantitative estimate of drug-likeness (QED) is 0.763. The first-order chi connectivity index (χ1) is 8.01. The highest BCUT2D eigenvalue weighted by Gasteiger charge is 2.11. The zero-order chi connectivity index (χ0) is 12.8. The molecule has 0 radical (unpaired) electrons. The number of nitrogens with one attached hydrogen (secondary N) is 1. The summed E-state index contributed by atoms with van der Waals surface area (Å²) in [5, 5.41) is 15.7. The molecule has 6 nitrogen and oxygen atoms in total. The van der Waals surface area contributed by atoms with E-state index in [9.17, 15) is 9.90 Å². The molecule has 1 rings (SSSR count). The molecule has 1 unspecified atom stereocenters. The highest BCUT2D eigenvalue weighted by molar-refractivity contribution is 5.91. The summed E-state index contributed by atoms with van der Waals surface area (Å²) < 4.78 is 4.83. The fourth-order valence-electron chi connectivity index (χ4n) is 1.41. The number of aliphatic hydroxyl groups is 1. The normalized spacial score (nSPS) is 12.8. The van der Waals surface area contributed by atoms with Gasteiger partial charge in [-0.3, -0.25) is 9.69 Å². The van der Waals surface area contributed by atoms with Crippen LogP contribution >= 0.6 is 0 Å². The van der Waals surface area contributed by atoms with Gasteiger partial charge in [0, 0.05) is 12.6 Å². The van der Waals surface area contributed by atoms with Crippen LogP contribution in [0.2, 0.25) is 0 Å². The van der Waals surface area contributed by atoms with E-state index >= 15 is 0 Å². The van der Waals surface area contributed by atoms with Crippen molar-refractivity contribution in [3.63, 3.8) is 0 Å². The second-order valence-electron chi connectivity index (χ2n) is 4.13. The molecule has 0 aliphatic heterocycles. The van der Waals surface area contributed by atoms with Gasteiger partial charge in [0.1, 0.15) is 5.76 Å². The third-order valence-corrected chi connectivity index (χ3v) is 2.30. The molecule has 1 aromatic heterocycles. The molecule has 0 saturated carbocycles. The zero-order valence-corrected chi connectivity index (χ0v) is 10.4. The van der Waals surface area contributed by atoms with Crippen LogP contribution in [0.3, 0.4) is 0 Å². The van der Waals surface area contributed by atoms with E-state index < -0.39 is 6.10 Å². The number of anilines is 1. The molecular formula is C11H19N3O3. The predicted octanol–water partition coefficient (Wildman–Crippen LogP) is 0.624. The number of carbonyl (C=O) groups is 1. The number of carbonyl (C=O) groups excluding carboxylic acids is 1. The fourth-order valence-corrected chi connectivity index (χ4v) is 1.41. The minimum atomic E-state index is -0.401. The zero-order valence-electron chi connectivity index (χ0n) is 10.4. The summed E-state index contributed by atoms with van der Waals surface area (Å²) in [4.78, 5) is 13.3. The summed E-state index contributed by atoms with van der Waals surface area (Å²) in [5.74, 6) is 0.885. The van der Waals surface area contributed by atoms with Crippen molar-refractivity contribution >= 4 is 11.7 Å². The van der Waals surface area contributed by atoms with E-state index in [2.05, 4.69) is 10.5 Å². The highest BCUT2D eigenvalue weighted by Crippen LogP contribution is 2.06. The number of rotatable bonds is 6. The Labute approximate surface area is 101 Å². The van der Waals surface area contributed by atoms with Crippen molar-refractivity contribution in [2.75, 3.05) is 25.5 Å². The summed E-state index contributed by atoms with van der Waals surface area (Å²) in [6, 6.07) is 1.65. The minimum Gasteiger partial charge on any atom is -0.392 e. The van der Waals surface area contributed by atoms with Crippen molar-refractivity contribution in [1.29, 1.82) is 0 Å². The van der Waals surface area contributed by atoms with Crippen LogP contribution in [0.4, 0.5) is 5.82 Å². The third-order valence-electron chi connectivity index (χ3n) is 2.30. The van der Waals surface area contributed by atoms with E-state index in [1.54, 1.807) is 24.9 Å². The third kappa shape index (κ3) is 4.97. The summed E-state index contributed by atoms with van der Waals surface area (Å²) in [7, 11) is 1.78. The van der Waals surface area contributed by atoms with E-state index in [0.717, 1.165) is 0 Å². The van der Waals surface area contributed by atoms with E-state index in [0.29, 0.717) is 24.5 Å². The molecular weight excluding hydrogens is 222 g/mol. The maximum atomic E-state index is 11.6. The Morgan fingerprint density at radius 1 is 1.71 bits per heavy atom. The Morgan fingerprint density at radius 3 is 2.94 bits per heavy atom. The lowest BCUT2D eigenvalue weighted by atomic mass is 10.2. The number of hydrogen-bond donors (Lipinski definition) is 2. The van der Waals surface area contributed by atoms with E-state index in [1.165, 1.54) is 0 Å². The Hall–Kier alpha value is -1.40. The van der Waals surface area contributed by atoms with Gasteiger partial charge in [0.2, 0.25) is 5.91 Å². The first-order valence-electron chi connectivity index (χ1n) is 5.61. The van der Waals surface area contributed by atoms with Crippen LogP contribution in [0, 0.1) is 6.92 Å². The molecule has 1 amide bonds. The standard InChI is InChI=1S/C11H19N3O3/c1-4-9(15)6-14(3)7-11(16)12-10-5-8(2)17-13-10/h5,9,15H,4,6-7H2,1-3H3,(H,12,13,16). The average molecular weight is 241 g/mol. The van der Waals surface area contributed by atoms with Crippen molar-refractivity contribution in [1.82, 2.24) is 10.1 Å². The van der Waals surface area contributed by atoms with Gasteiger partial charge in [-0.2, -0.15) is 0 Å². The molecule has 1 aromatic rings. The first-order valence-corrected chi connectivity index (χ1v) is 5.61. The maximum Gasteiger partial charge on any atom is 0.239 e. The van der Waals surface area contributed by atoms with Gasteiger partial charge in [0.05, 0.1) is 12.6 Å². The lowest BCUT2D eigenvalue weighted by molar-refractivity contribution is -0.117. The van der Waals surface area contributed by atoms with Crippen LogP contribution in [0.1, 0.15) is 19.1 Å². The number of aryl methyl sites for hydroxylation is 1. The van der Waals surface area contributed by atoms with Crippen LogP contribution in [-0.4, -0.2) is 47.3 Å². The topological polar surface area (TPSA) is 78.6 Å². The molecule has 0 saturated heterocycles. The Balaban J connectivity index is 2.34. The van der Waals surface area contributed by atoms with Crippen molar-refractivity contribution in [2.24, 2.45) is 0 Å².